The van der Waals surface area contributed by atoms with Crippen molar-refractivity contribution in [3.8, 4) is 16.3 Å². The Labute approximate surface area is 143 Å². The van der Waals surface area contributed by atoms with Gasteiger partial charge in [0.15, 0.2) is 6.29 Å². The summed E-state index contributed by atoms with van der Waals surface area (Å²) < 4.78 is 2.60. The van der Waals surface area contributed by atoms with Gasteiger partial charge in [0.25, 0.3) is 0 Å². The molecule has 0 bridgehead atoms. The zero-order valence-electron chi connectivity index (χ0n) is 10.4. The van der Waals surface area contributed by atoms with Gasteiger partial charge in [-0.25, -0.2) is 4.68 Å². The Morgan fingerprint density at radius 2 is 2.00 bits per heavy atom. The normalized spacial score (nSPS) is 10.8. The summed E-state index contributed by atoms with van der Waals surface area (Å²) in [6.07, 6.45) is 2.47. The summed E-state index contributed by atoms with van der Waals surface area (Å²) in [7, 11) is 0. The number of halogens is 3. The molecule has 0 amide bonds. The number of hydrogen-bond donors (Lipinski definition) is 0. The van der Waals surface area contributed by atoms with Gasteiger partial charge in [-0.2, -0.15) is 5.10 Å². The highest BCUT2D eigenvalue weighted by Crippen LogP contribution is 2.33. The van der Waals surface area contributed by atoms with E-state index in [4.69, 9.17) is 23.2 Å². The molecular weight excluding hydrogens is 395 g/mol. The molecule has 0 aliphatic heterocycles. The average molecular weight is 402 g/mol. The number of aldehydes is 1. The van der Waals surface area contributed by atoms with Crippen LogP contribution < -0.4 is 0 Å². The Hall–Kier alpha value is -1.14. The van der Waals surface area contributed by atoms with Gasteiger partial charge < -0.3 is 0 Å². The predicted octanol–water partition coefficient (Wildman–Crippen LogP) is 5.48. The first-order chi connectivity index (χ1) is 10.1. The van der Waals surface area contributed by atoms with Crippen molar-refractivity contribution in [2.45, 2.75) is 0 Å². The summed E-state index contributed by atoms with van der Waals surface area (Å²) in [6.45, 7) is 0. The smallest absolute Gasteiger partial charge is 0.153 e. The Bertz CT molecular complexity index is 828. The van der Waals surface area contributed by atoms with Crippen molar-refractivity contribution >= 4 is 56.8 Å². The van der Waals surface area contributed by atoms with E-state index in [1.165, 1.54) is 11.3 Å². The fourth-order valence-electron chi connectivity index (χ4n) is 1.87. The number of carbonyl (C=O) groups is 1. The van der Waals surface area contributed by atoms with Crippen LogP contribution in [0, 0.1) is 0 Å². The molecule has 3 nitrogen and oxygen atoms in total. The highest BCUT2D eigenvalue weighted by atomic mass is 79.9. The van der Waals surface area contributed by atoms with Gasteiger partial charge in [-0.15, -0.1) is 11.3 Å². The van der Waals surface area contributed by atoms with Crippen LogP contribution in [0.5, 0.6) is 0 Å². The maximum absolute atomic E-state index is 11.3. The highest BCUT2D eigenvalue weighted by molar-refractivity contribution is 9.11. The third kappa shape index (κ3) is 2.92. The van der Waals surface area contributed by atoms with Gasteiger partial charge in [0.1, 0.15) is 5.69 Å². The van der Waals surface area contributed by atoms with Crippen LogP contribution in [0.15, 0.2) is 40.3 Å². The van der Waals surface area contributed by atoms with Crippen LogP contribution in [0.3, 0.4) is 0 Å². The molecule has 1 aromatic carbocycles. The van der Waals surface area contributed by atoms with E-state index in [0.717, 1.165) is 20.6 Å². The summed E-state index contributed by atoms with van der Waals surface area (Å²) in [5.74, 6) is 0. The summed E-state index contributed by atoms with van der Waals surface area (Å²) in [4.78, 5) is 12.2. The first kappa shape index (κ1) is 14.8. The molecule has 0 unspecified atom stereocenters. The van der Waals surface area contributed by atoms with Crippen LogP contribution in [0.2, 0.25) is 10.0 Å². The predicted molar refractivity (Wildman–Crippen MR) is 90.0 cm³/mol. The lowest BCUT2D eigenvalue weighted by atomic mass is 10.2. The van der Waals surface area contributed by atoms with Gasteiger partial charge in [-0.05, 0) is 46.3 Å². The van der Waals surface area contributed by atoms with Gasteiger partial charge in [0.05, 0.1) is 30.0 Å². The Kier molecular flexibility index (Phi) is 4.17. The molecule has 0 aliphatic carbocycles. The third-order valence-corrected chi connectivity index (χ3v) is 5.21. The molecule has 2 heterocycles. The van der Waals surface area contributed by atoms with E-state index in [9.17, 15) is 4.79 Å². The van der Waals surface area contributed by atoms with Gasteiger partial charge in [0.2, 0.25) is 0 Å². The molecule has 0 spiro atoms. The maximum atomic E-state index is 11.3. The van der Waals surface area contributed by atoms with E-state index in [1.807, 2.05) is 12.1 Å². The fraction of sp³-hybridized carbons (Fsp3) is 0. The topological polar surface area (TPSA) is 34.9 Å². The molecular formula is C14H7BrCl2N2OS. The second-order valence-electron chi connectivity index (χ2n) is 4.20. The van der Waals surface area contributed by atoms with Crippen molar-refractivity contribution < 1.29 is 4.79 Å². The molecule has 0 saturated carbocycles. The quantitative estimate of drug-likeness (QED) is 0.544. The summed E-state index contributed by atoms with van der Waals surface area (Å²) in [5, 5.41) is 5.40. The van der Waals surface area contributed by atoms with Crippen molar-refractivity contribution in [1.29, 1.82) is 0 Å². The van der Waals surface area contributed by atoms with Gasteiger partial charge in [-0.3, -0.25) is 4.79 Å². The summed E-state index contributed by atoms with van der Waals surface area (Å²) in [5.41, 5.74) is 1.91. The lowest BCUT2D eigenvalue weighted by Gasteiger charge is -2.02. The highest BCUT2D eigenvalue weighted by Gasteiger charge is 2.14. The minimum atomic E-state index is 0.442. The first-order valence-electron chi connectivity index (χ1n) is 5.84. The molecule has 2 aromatic heterocycles. The molecule has 0 atom stereocenters. The second kappa shape index (κ2) is 5.93. The zero-order chi connectivity index (χ0) is 15.0. The van der Waals surface area contributed by atoms with Crippen LogP contribution >= 0.6 is 50.5 Å². The van der Waals surface area contributed by atoms with Crippen LogP contribution in [-0.4, -0.2) is 16.1 Å². The Morgan fingerprint density at radius 1 is 1.19 bits per heavy atom. The number of hydrogen-bond acceptors (Lipinski definition) is 3. The van der Waals surface area contributed by atoms with E-state index < -0.39 is 0 Å². The lowest BCUT2D eigenvalue weighted by molar-refractivity contribution is 0.112. The third-order valence-electron chi connectivity index (χ3n) is 2.84. The van der Waals surface area contributed by atoms with Gasteiger partial charge in [-0.1, -0.05) is 23.2 Å². The van der Waals surface area contributed by atoms with Crippen LogP contribution in [0.25, 0.3) is 16.3 Å². The molecule has 0 saturated heterocycles. The molecule has 0 fully saturated rings. The second-order valence-corrected chi connectivity index (χ2v) is 7.48. The molecule has 3 rings (SSSR count). The average Bonchev–Trinajstić information content (AvgIpc) is 3.07. The fourth-order valence-corrected chi connectivity index (χ4v) is 3.55. The van der Waals surface area contributed by atoms with Gasteiger partial charge in [0, 0.05) is 6.20 Å². The molecule has 0 N–H and O–H groups in total. The molecule has 3 aromatic rings. The van der Waals surface area contributed by atoms with Crippen LogP contribution in [-0.2, 0) is 0 Å². The van der Waals surface area contributed by atoms with E-state index >= 15 is 0 Å². The minimum Gasteiger partial charge on any atom is -0.298 e. The number of nitrogens with zero attached hydrogens (tertiary/aromatic N) is 2. The maximum Gasteiger partial charge on any atom is 0.153 e. The molecule has 7 heteroatoms. The number of carbonyl (C=O) groups excluding carboxylic acids is 1. The van der Waals surface area contributed by atoms with E-state index in [2.05, 4.69) is 21.0 Å². The van der Waals surface area contributed by atoms with Crippen molar-refractivity contribution in [3.05, 3.63) is 55.9 Å². The molecule has 106 valence electrons. The molecule has 0 aliphatic rings. The Morgan fingerprint density at radius 3 is 2.62 bits per heavy atom. The Balaban J connectivity index is 2.10. The SMILES string of the molecule is O=Cc1cn(-c2ccc(Cl)c(Cl)c2)nc1-c1ccc(Br)s1. The van der Waals surface area contributed by atoms with E-state index in [0.29, 0.717) is 21.3 Å². The van der Waals surface area contributed by atoms with Crippen molar-refractivity contribution in [1.82, 2.24) is 9.78 Å². The van der Waals surface area contributed by atoms with E-state index in [1.54, 1.807) is 29.1 Å². The summed E-state index contributed by atoms with van der Waals surface area (Å²) >= 11 is 16.9. The van der Waals surface area contributed by atoms with Crippen LogP contribution in [0.4, 0.5) is 0 Å². The number of rotatable bonds is 3. The minimum absolute atomic E-state index is 0.442. The van der Waals surface area contributed by atoms with E-state index in [-0.39, 0.29) is 0 Å². The van der Waals surface area contributed by atoms with Gasteiger partial charge >= 0.3 is 0 Å². The van der Waals surface area contributed by atoms with Crippen molar-refractivity contribution in [2.75, 3.05) is 0 Å². The standard InChI is InChI=1S/C14H7BrCl2N2OS/c15-13-4-3-12(21-13)14-8(7-20)6-19(18-14)9-1-2-10(16)11(17)5-9/h1-7H. The zero-order valence-corrected chi connectivity index (χ0v) is 14.3. The van der Waals surface area contributed by atoms with Crippen molar-refractivity contribution in [2.24, 2.45) is 0 Å². The summed E-state index contributed by atoms with van der Waals surface area (Å²) in [6, 6.07) is 9.04. The lowest BCUT2D eigenvalue weighted by Crippen LogP contribution is -1.94. The van der Waals surface area contributed by atoms with Crippen molar-refractivity contribution in [3.63, 3.8) is 0 Å². The number of thiophene rings is 1. The number of benzene rings is 1. The monoisotopic (exact) mass is 400 g/mol. The largest absolute Gasteiger partial charge is 0.298 e. The molecule has 0 radical (unpaired) electrons. The van der Waals surface area contributed by atoms with Crippen LogP contribution in [0.1, 0.15) is 10.4 Å². The number of aromatic nitrogens is 2. The first-order valence-corrected chi connectivity index (χ1v) is 8.21. The molecule has 21 heavy (non-hydrogen) atoms.